The first-order chi connectivity index (χ1) is 11.6. The molecular formula is C15H21N5O4. The number of hydrogen-bond donors (Lipinski definition) is 0. The molecule has 1 fully saturated rings. The number of nitrogens with zero attached hydrogens (tertiary/aromatic N) is 5. The maximum atomic E-state index is 12.2. The number of aromatic nitrogens is 4. The standard InChI is InChI=1S/C15H21N5O4/c1-19-9-17-12-10(19)7-16-14(18-12)20-6-5-15(24-4,13(21)23-3)11(8-20)22-2/h7,9,11H,5-6,8H2,1-4H3/t11-,15+/m1/s1. The molecule has 1 aliphatic rings. The Morgan fingerprint density at radius 3 is 2.79 bits per heavy atom. The summed E-state index contributed by atoms with van der Waals surface area (Å²) in [5.41, 5.74) is 0.377. The number of anilines is 1. The molecule has 0 amide bonds. The quantitative estimate of drug-likeness (QED) is 0.729. The Morgan fingerprint density at radius 1 is 1.33 bits per heavy atom. The Morgan fingerprint density at radius 2 is 2.12 bits per heavy atom. The molecule has 2 atom stereocenters. The van der Waals surface area contributed by atoms with Crippen molar-refractivity contribution in [3.05, 3.63) is 12.5 Å². The zero-order chi connectivity index (χ0) is 17.3. The molecular weight excluding hydrogens is 314 g/mol. The molecule has 1 saturated heterocycles. The van der Waals surface area contributed by atoms with Crippen LogP contribution in [0.5, 0.6) is 0 Å². The van der Waals surface area contributed by atoms with Gasteiger partial charge in [-0.2, -0.15) is 4.98 Å². The summed E-state index contributed by atoms with van der Waals surface area (Å²) in [6.45, 7) is 0.957. The molecule has 3 heterocycles. The first kappa shape index (κ1) is 16.6. The highest BCUT2D eigenvalue weighted by atomic mass is 16.6. The first-order valence-corrected chi connectivity index (χ1v) is 7.61. The Labute approximate surface area is 139 Å². The lowest BCUT2D eigenvalue weighted by Gasteiger charge is -2.43. The van der Waals surface area contributed by atoms with Crippen LogP contribution < -0.4 is 4.90 Å². The lowest BCUT2D eigenvalue weighted by atomic mass is 9.88. The minimum absolute atomic E-state index is 0.414. The Bertz CT molecular complexity index is 749. The number of imidazole rings is 1. The van der Waals surface area contributed by atoms with E-state index < -0.39 is 17.7 Å². The average Bonchev–Trinajstić information content (AvgIpc) is 3.00. The van der Waals surface area contributed by atoms with Gasteiger partial charge in [-0.15, -0.1) is 0 Å². The number of ether oxygens (including phenoxy) is 3. The van der Waals surface area contributed by atoms with Crippen molar-refractivity contribution in [2.45, 2.75) is 18.1 Å². The van der Waals surface area contributed by atoms with Crippen molar-refractivity contribution in [2.24, 2.45) is 7.05 Å². The van der Waals surface area contributed by atoms with Gasteiger partial charge in [0.1, 0.15) is 11.6 Å². The number of aryl methyl sites for hydroxylation is 1. The molecule has 0 spiro atoms. The van der Waals surface area contributed by atoms with Crippen LogP contribution in [-0.4, -0.2) is 71.6 Å². The number of carbonyl (C=O) groups is 1. The van der Waals surface area contributed by atoms with E-state index in [0.29, 0.717) is 31.1 Å². The molecule has 0 aliphatic carbocycles. The summed E-state index contributed by atoms with van der Waals surface area (Å²) >= 11 is 0. The summed E-state index contributed by atoms with van der Waals surface area (Å²) in [6.07, 6.45) is 3.36. The van der Waals surface area contributed by atoms with Crippen molar-refractivity contribution in [1.82, 2.24) is 19.5 Å². The zero-order valence-electron chi connectivity index (χ0n) is 14.2. The van der Waals surface area contributed by atoms with E-state index in [1.54, 1.807) is 19.6 Å². The van der Waals surface area contributed by atoms with Crippen LogP contribution in [0, 0.1) is 0 Å². The normalized spacial score (nSPS) is 24.3. The minimum atomic E-state index is -1.12. The molecule has 0 aromatic carbocycles. The molecule has 2 aromatic rings. The third-order valence-corrected chi connectivity index (χ3v) is 4.59. The summed E-state index contributed by atoms with van der Waals surface area (Å²) in [7, 11) is 6.28. The highest BCUT2D eigenvalue weighted by molar-refractivity contribution is 5.81. The summed E-state index contributed by atoms with van der Waals surface area (Å²) < 4.78 is 17.8. The van der Waals surface area contributed by atoms with Gasteiger partial charge in [0.2, 0.25) is 5.95 Å². The maximum absolute atomic E-state index is 12.2. The predicted octanol–water partition coefficient (Wildman–Crippen LogP) is 0.147. The van der Waals surface area contributed by atoms with Crippen molar-refractivity contribution >= 4 is 23.1 Å². The van der Waals surface area contributed by atoms with E-state index in [2.05, 4.69) is 15.0 Å². The van der Waals surface area contributed by atoms with Gasteiger partial charge in [-0.1, -0.05) is 0 Å². The molecule has 9 heteroatoms. The summed E-state index contributed by atoms with van der Waals surface area (Å²) in [4.78, 5) is 27.3. The molecule has 0 unspecified atom stereocenters. The molecule has 3 rings (SSSR count). The lowest BCUT2D eigenvalue weighted by Crippen LogP contribution is -2.62. The number of esters is 1. The third-order valence-electron chi connectivity index (χ3n) is 4.59. The highest BCUT2D eigenvalue weighted by Crippen LogP contribution is 2.31. The summed E-state index contributed by atoms with van der Waals surface area (Å²) in [5.74, 6) is 0.121. The smallest absolute Gasteiger partial charge is 0.341 e. The van der Waals surface area contributed by atoms with E-state index in [-0.39, 0.29) is 0 Å². The number of piperidine rings is 1. The fraction of sp³-hybridized carbons (Fsp3) is 0.600. The molecule has 0 bridgehead atoms. The van der Waals surface area contributed by atoms with Gasteiger partial charge in [-0.3, -0.25) is 0 Å². The first-order valence-electron chi connectivity index (χ1n) is 7.61. The van der Waals surface area contributed by atoms with Crippen LogP contribution in [0.4, 0.5) is 5.95 Å². The van der Waals surface area contributed by atoms with E-state index in [4.69, 9.17) is 14.2 Å². The highest BCUT2D eigenvalue weighted by Gasteiger charge is 2.51. The number of hydrogen-bond acceptors (Lipinski definition) is 8. The Kier molecular flexibility index (Phi) is 4.37. The van der Waals surface area contributed by atoms with Gasteiger partial charge in [0.25, 0.3) is 0 Å². The molecule has 0 N–H and O–H groups in total. The lowest BCUT2D eigenvalue weighted by molar-refractivity contribution is -0.187. The molecule has 0 saturated carbocycles. The Hall–Kier alpha value is -2.26. The summed E-state index contributed by atoms with van der Waals surface area (Å²) in [5, 5.41) is 0. The largest absolute Gasteiger partial charge is 0.467 e. The zero-order valence-corrected chi connectivity index (χ0v) is 14.2. The number of carbonyl (C=O) groups excluding carboxylic acids is 1. The van der Waals surface area contributed by atoms with Crippen LogP contribution in [0.15, 0.2) is 12.5 Å². The van der Waals surface area contributed by atoms with E-state index in [0.717, 1.165) is 5.52 Å². The van der Waals surface area contributed by atoms with Crippen molar-refractivity contribution in [3.63, 3.8) is 0 Å². The predicted molar refractivity (Wildman–Crippen MR) is 85.7 cm³/mol. The number of methoxy groups -OCH3 is 3. The van der Waals surface area contributed by atoms with Crippen molar-refractivity contribution in [1.29, 1.82) is 0 Å². The van der Waals surface area contributed by atoms with Crippen molar-refractivity contribution in [2.75, 3.05) is 39.3 Å². The fourth-order valence-corrected chi connectivity index (χ4v) is 3.13. The SMILES string of the molecule is COC(=O)[C@]1(OC)CCN(c2ncc3c(ncn3C)n2)C[C@H]1OC. The van der Waals surface area contributed by atoms with Crippen LogP contribution in [0.1, 0.15) is 6.42 Å². The van der Waals surface area contributed by atoms with E-state index >= 15 is 0 Å². The van der Waals surface area contributed by atoms with Crippen LogP contribution >= 0.6 is 0 Å². The van der Waals surface area contributed by atoms with Gasteiger partial charge in [-0.25, -0.2) is 14.8 Å². The average molecular weight is 335 g/mol. The second-order valence-corrected chi connectivity index (χ2v) is 5.74. The summed E-state index contributed by atoms with van der Waals surface area (Å²) in [6, 6.07) is 0. The van der Waals surface area contributed by atoms with Crippen LogP contribution in [-0.2, 0) is 26.1 Å². The number of fused-ring (bicyclic) bond motifs is 1. The van der Waals surface area contributed by atoms with Gasteiger partial charge < -0.3 is 23.7 Å². The minimum Gasteiger partial charge on any atom is -0.467 e. The topological polar surface area (TPSA) is 91.6 Å². The van der Waals surface area contributed by atoms with Gasteiger partial charge in [0, 0.05) is 34.2 Å². The fourth-order valence-electron chi connectivity index (χ4n) is 3.13. The van der Waals surface area contributed by atoms with E-state index in [9.17, 15) is 4.79 Å². The molecule has 1 aliphatic heterocycles. The molecule has 9 nitrogen and oxygen atoms in total. The Balaban J connectivity index is 1.87. The van der Waals surface area contributed by atoms with Gasteiger partial charge in [0.15, 0.2) is 11.2 Å². The van der Waals surface area contributed by atoms with Crippen LogP contribution in [0.2, 0.25) is 0 Å². The van der Waals surface area contributed by atoms with E-state index in [1.165, 1.54) is 14.2 Å². The van der Waals surface area contributed by atoms with Crippen molar-refractivity contribution < 1.29 is 19.0 Å². The van der Waals surface area contributed by atoms with Crippen LogP contribution in [0.25, 0.3) is 11.2 Å². The van der Waals surface area contributed by atoms with Gasteiger partial charge in [-0.05, 0) is 0 Å². The second kappa shape index (κ2) is 6.33. The van der Waals surface area contributed by atoms with E-state index in [1.807, 2.05) is 16.5 Å². The van der Waals surface area contributed by atoms with Gasteiger partial charge in [0.05, 0.1) is 26.2 Å². The molecule has 2 aromatic heterocycles. The molecule has 130 valence electrons. The van der Waals surface area contributed by atoms with Crippen molar-refractivity contribution in [3.8, 4) is 0 Å². The van der Waals surface area contributed by atoms with Crippen LogP contribution in [0.3, 0.4) is 0 Å². The maximum Gasteiger partial charge on any atom is 0.341 e. The van der Waals surface area contributed by atoms with Gasteiger partial charge >= 0.3 is 5.97 Å². The third kappa shape index (κ3) is 2.49. The molecule has 24 heavy (non-hydrogen) atoms. The second-order valence-electron chi connectivity index (χ2n) is 5.74. The number of rotatable bonds is 4. The monoisotopic (exact) mass is 335 g/mol. The molecule has 0 radical (unpaired) electrons.